The molecule has 6 heteroatoms. The minimum atomic E-state index is -0.814. The molecule has 0 heterocycles. The molecule has 1 N–H and O–H groups in total. The lowest BCUT2D eigenvalue weighted by molar-refractivity contribution is -0.142. The lowest BCUT2D eigenvalue weighted by atomic mass is 10.0. The minimum Gasteiger partial charge on any atom is -0.484 e. The Morgan fingerprint density at radius 3 is 2.26 bits per heavy atom. The maximum Gasteiger partial charge on any atom is 0.261 e. The van der Waals surface area contributed by atoms with Gasteiger partial charge in [0.15, 0.2) is 6.61 Å². The van der Waals surface area contributed by atoms with E-state index in [0.29, 0.717) is 24.3 Å². The number of nitrogens with zero attached hydrogens (tertiary/aromatic N) is 1. The number of unbranched alkanes of at least 4 members (excludes halogenated alkanes) is 1. The van der Waals surface area contributed by atoms with Crippen LogP contribution in [0, 0.1) is 5.82 Å². The largest absolute Gasteiger partial charge is 0.484 e. The second-order valence-electron chi connectivity index (χ2n) is 8.06. The summed E-state index contributed by atoms with van der Waals surface area (Å²) in [6.07, 6.45) is 2.08. The van der Waals surface area contributed by atoms with Crippen molar-refractivity contribution in [2.75, 3.05) is 13.2 Å². The van der Waals surface area contributed by atoms with E-state index in [4.69, 9.17) is 4.74 Å². The number of amides is 2. The molecule has 0 spiro atoms. The SMILES string of the molecule is CCCCNC(=O)[C@H](Cc1ccccc1)N(Cc1ccccc1F)C(=O)COc1ccccc1. The van der Waals surface area contributed by atoms with E-state index in [1.54, 1.807) is 30.3 Å². The topological polar surface area (TPSA) is 58.6 Å². The van der Waals surface area contributed by atoms with Gasteiger partial charge in [-0.05, 0) is 30.2 Å². The molecule has 2 amide bonds. The number of carbonyl (C=O) groups is 2. The van der Waals surface area contributed by atoms with Gasteiger partial charge in [-0.3, -0.25) is 9.59 Å². The lowest BCUT2D eigenvalue weighted by Crippen LogP contribution is -2.52. The molecule has 0 saturated carbocycles. The first-order valence-corrected chi connectivity index (χ1v) is 11.6. The van der Waals surface area contributed by atoms with Gasteiger partial charge in [0, 0.05) is 25.1 Å². The van der Waals surface area contributed by atoms with Crippen molar-refractivity contribution in [3.05, 3.63) is 102 Å². The Kier molecular flexibility index (Phi) is 9.65. The molecule has 0 saturated heterocycles. The number of para-hydroxylation sites is 1. The Balaban J connectivity index is 1.89. The molecule has 178 valence electrons. The average Bonchev–Trinajstić information content (AvgIpc) is 2.87. The van der Waals surface area contributed by atoms with Crippen molar-refractivity contribution in [2.24, 2.45) is 0 Å². The number of hydrogen-bond acceptors (Lipinski definition) is 3. The molecule has 34 heavy (non-hydrogen) atoms. The third kappa shape index (κ3) is 7.44. The van der Waals surface area contributed by atoms with Gasteiger partial charge in [0.25, 0.3) is 5.91 Å². The molecule has 3 aromatic rings. The van der Waals surface area contributed by atoms with E-state index in [2.05, 4.69) is 5.32 Å². The third-order valence-electron chi connectivity index (χ3n) is 5.50. The van der Waals surface area contributed by atoms with Crippen LogP contribution in [0.3, 0.4) is 0 Å². The average molecular weight is 463 g/mol. The minimum absolute atomic E-state index is 0.0393. The number of benzene rings is 3. The van der Waals surface area contributed by atoms with Crippen LogP contribution in [0.15, 0.2) is 84.9 Å². The van der Waals surface area contributed by atoms with Gasteiger partial charge in [-0.1, -0.05) is 80.1 Å². The molecule has 0 aliphatic carbocycles. The van der Waals surface area contributed by atoms with Crippen LogP contribution in [-0.4, -0.2) is 35.9 Å². The third-order valence-corrected chi connectivity index (χ3v) is 5.50. The zero-order valence-corrected chi connectivity index (χ0v) is 19.5. The van der Waals surface area contributed by atoms with Crippen molar-refractivity contribution in [2.45, 2.75) is 38.8 Å². The molecule has 0 aliphatic rings. The van der Waals surface area contributed by atoms with Crippen LogP contribution < -0.4 is 10.1 Å². The van der Waals surface area contributed by atoms with Gasteiger partial charge in [0.1, 0.15) is 17.6 Å². The maximum absolute atomic E-state index is 14.5. The van der Waals surface area contributed by atoms with Crippen LogP contribution in [0.4, 0.5) is 4.39 Å². The van der Waals surface area contributed by atoms with Crippen LogP contribution in [-0.2, 0) is 22.6 Å². The summed E-state index contributed by atoms with van der Waals surface area (Å²) in [5.41, 5.74) is 1.25. The highest BCUT2D eigenvalue weighted by molar-refractivity contribution is 5.88. The number of nitrogens with one attached hydrogen (secondary N) is 1. The zero-order chi connectivity index (χ0) is 24.2. The quantitative estimate of drug-likeness (QED) is 0.395. The first kappa shape index (κ1) is 25.0. The fourth-order valence-electron chi connectivity index (χ4n) is 3.61. The van der Waals surface area contributed by atoms with E-state index >= 15 is 0 Å². The molecule has 3 rings (SSSR count). The molecule has 0 unspecified atom stereocenters. The lowest BCUT2D eigenvalue weighted by Gasteiger charge is -2.31. The normalized spacial score (nSPS) is 11.5. The van der Waals surface area contributed by atoms with Crippen molar-refractivity contribution >= 4 is 11.8 Å². The van der Waals surface area contributed by atoms with Crippen LogP contribution >= 0.6 is 0 Å². The highest BCUT2D eigenvalue weighted by Gasteiger charge is 2.31. The Morgan fingerprint density at radius 1 is 0.941 bits per heavy atom. The van der Waals surface area contributed by atoms with E-state index in [9.17, 15) is 14.0 Å². The Labute approximate surface area is 200 Å². The van der Waals surface area contributed by atoms with Gasteiger partial charge in [-0.15, -0.1) is 0 Å². The summed E-state index contributed by atoms with van der Waals surface area (Å²) < 4.78 is 20.2. The predicted molar refractivity (Wildman–Crippen MR) is 131 cm³/mol. The first-order valence-electron chi connectivity index (χ1n) is 11.6. The molecule has 0 fully saturated rings. The maximum atomic E-state index is 14.5. The van der Waals surface area contributed by atoms with Crippen LogP contribution in [0.2, 0.25) is 0 Å². The highest BCUT2D eigenvalue weighted by Crippen LogP contribution is 2.18. The number of carbonyl (C=O) groups excluding carboxylic acids is 2. The summed E-state index contributed by atoms with van der Waals surface area (Å²) in [7, 11) is 0. The number of hydrogen-bond donors (Lipinski definition) is 1. The van der Waals surface area contributed by atoms with Crippen molar-refractivity contribution in [1.82, 2.24) is 10.2 Å². The number of halogens is 1. The number of rotatable bonds is 12. The highest BCUT2D eigenvalue weighted by atomic mass is 19.1. The Bertz CT molecular complexity index is 1040. The summed E-state index contributed by atoms with van der Waals surface area (Å²) in [6.45, 7) is 2.26. The second-order valence-corrected chi connectivity index (χ2v) is 8.06. The van der Waals surface area contributed by atoms with E-state index in [1.165, 1.54) is 11.0 Å². The Morgan fingerprint density at radius 2 is 1.59 bits per heavy atom. The van der Waals surface area contributed by atoms with Gasteiger partial charge in [-0.2, -0.15) is 0 Å². The van der Waals surface area contributed by atoms with E-state index < -0.39 is 17.8 Å². The fourth-order valence-corrected chi connectivity index (χ4v) is 3.61. The van der Waals surface area contributed by atoms with Gasteiger partial charge < -0.3 is 15.0 Å². The van der Waals surface area contributed by atoms with Crippen molar-refractivity contribution < 1.29 is 18.7 Å². The van der Waals surface area contributed by atoms with Gasteiger partial charge in [-0.25, -0.2) is 4.39 Å². The summed E-state index contributed by atoms with van der Waals surface area (Å²) in [4.78, 5) is 28.1. The van der Waals surface area contributed by atoms with Crippen molar-refractivity contribution in [3.8, 4) is 5.75 Å². The molecule has 0 aliphatic heterocycles. The fraction of sp³-hybridized carbons (Fsp3) is 0.286. The van der Waals surface area contributed by atoms with Crippen LogP contribution in [0.1, 0.15) is 30.9 Å². The van der Waals surface area contributed by atoms with Crippen LogP contribution in [0.5, 0.6) is 5.75 Å². The first-order chi connectivity index (χ1) is 16.6. The molecule has 0 bridgehead atoms. The molecular weight excluding hydrogens is 431 g/mol. The van der Waals surface area contributed by atoms with Gasteiger partial charge in [0.05, 0.1) is 0 Å². The number of ether oxygens (including phenoxy) is 1. The monoisotopic (exact) mass is 462 g/mol. The summed E-state index contributed by atoms with van der Waals surface area (Å²) in [5, 5.41) is 2.95. The van der Waals surface area contributed by atoms with E-state index in [1.807, 2.05) is 55.5 Å². The van der Waals surface area contributed by atoms with Crippen LogP contribution in [0.25, 0.3) is 0 Å². The van der Waals surface area contributed by atoms with Crippen molar-refractivity contribution in [3.63, 3.8) is 0 Å². The standard InChI is InChI=1S/C28H31FN2O3/c1-2-3-18-30-28(33)26(19-22-12-6-4-7-13-22)31(20-23-14-10-11-17-25(23)29)27(32)21-34-24-15-8-5-9-16-24/h4-17,26H,2-3,18-21H2,1H3,(H,30,33)/t26-/m0/s1. The summed E-state index contributed by atoms with van der Waals surface area (Å²) in [5.74, 6) is -0.525. The molecule has 5 nitrogen and oxygen atoms in total. The van der Waals surface area contributed by atoms with E-state index in [0.717, 1.165) is 18.4 Å². The molecule has 1 atom stereocenters. The summed E-state index contributed by atoms with van der Waals surface area (Å²) in [6, 6.07) is 24.0. The van der Waals surface area contributed by atoms with Crippen molar-refractivity contribution in [1.29, 1.82) is 0 Å². The van der Waals surface area contributed by atoms with E-state index in [-0.39, 0.29) is 19.1 Å². The molecule has 0 radical (unpaired) electrons. The van der Waals surface area contributed by atoms with Gasteiger partial charge >= 0.3 is 0 Å². The molecular formula is C28H31FN2O3. The Hall–Kier alpha value is -3.67. The second kappa shape index (κ2) is 13.1. The predicted octanol–water partition coefficient (Wildman–Crippen LogP) is 4.76. The molecule has 0 aromatic heterocycles. The summed E-state index contributed by atoms with van der Waals surface area (Å²) >= 11 is 0. The zero-order valence-electron chi connectivity index (χ0n) is 19.5. The molecule has 3 aromatic carbocycles. The smallest absolute Gasteiger partial charge is 0.261 e. The van der Waals surface area contributed by atoms with Gasteiger partial charge in [0.2, 0.25) is 5.91 Å².